The molecule has 0 aliphatic carbocycles. The van der Waals surface area contributed by atoms with Gasteiger partial charge in [-0.2, -0.15) is 0 Å². The van der Waals surface area contributed by atoms with E-state index in [4.69, 9.17) is 9.40 Å². The number of benzene rings is 2. The molecule has 1 N–H and O–H groups in total. The molecule has 0 atom stereocenters. The van der Waals surface area contributed by atoms with Gasteiger partial charge >= 0.3 is 0 Å². The summed E-state index contributed by atoms with van der Waals surface area (Å²) in [6, 6.07) is 17.2. The van der Waals surface area contributed by atoms with Crippen molar-refractivity contribution in [2.24, 2.45) is 0 Å². The third-order valence-electron chi connectivity index (χ3n) is 5.29. The molecular formula is C25H20N4O3S2. The molecule has 0 bridgehead atoms. The van der Waals surface area contributed by atoms with E-state index in [1.165, 1.54) is 28.9 Å². The third kappa shape index (κ3) is 4.35. The molecule has 7 nitrogen and oxygen atoms in total. The van der Waals surface area contributed by atoms with E-state index in [9.17, 15) is 9.59 Å². The van der Waals surface area contributed by atoms with Gasteiger partial charge in [0.15, 0.2) is 10.3 Å². The highest BCUT2D eigenvalue weighted by Gasteiger charge is 2.24. The Balaban J connectivity index is 1.41. The van der Waals surface area contributed by atoms with E-state index in [1.807, 2.05) is 55.5 Å². The maximum absolute atomic E-state index is 13.6. The molecule has 2 amide bonds. The number of amides is 2. The summed E-state index contributed by atoms with van der Waals surface area (Å²) >= 11 is 2.75. The third-order valence-corrected chi connectivity index (χ3v) is 7.12. The lowest BCUT2D eigenvalue weighted by Gasteiger charge is -2.21. The van der Waals surface area contributed by atoms with E-state index < -0.39 is 0 Å². The van der Waals surface area contributed by atoms with Gasteiger partial charge in [0.05, 0.1) is 39.8 Å². The number of fused-ring (bicyclic) bond motifs is 1. The molecule has 0 aliphatic rings. The molecular weight excluding hydrogens is 468 g/mol. The number of thiazole rings is 2. The Bertz CT molecular complexity index is 1470. The van der Waals surface area contributed by atoms with Crippen molar-refractivity contribution in [2.45, 2.75) is 20.3 Å². The van der Waals surface area contributed by atoms with Crippen LogP contribution in [0.1, 0.15) is 27.4 Å². The van der Waals surface area contributed by atoms with Crippen LogP contribution >= 0.6 is 22.7 Å². The second-order valence-corrected chi connectivity index (χ2v) is 9.51. The Labute approximate surface area is 203 Å². The number of nitrogens with one attached hydrogen (secondary N) is 1. The summed E-state index contributed by atoms with van der Waals surface area (Å²) in [5.41, 5.74) is 3.63. The fourth-order valence-electron chi connectivity index (χ4n) is 3.58. The van der Waals surface area contributed by atoms with Crippen LogP contribution in [0.4, 0.5) is 16.0 Å². The van der Waals surface area contributed by atoms with Crippen LogP contribution in [-0.2, 0) is 11.2 Å². The number of anilines is 3. The Hall–Kier alpha value is -3.82. The van der Waals surface area contributed by atoms with Gasteiger partial charge in [0, 0.05) is 5.38 Å². The summed E-state index contributed by atoms with van der Waals surface area (Å²) < 4.78 is 6.20. The molecule has 0 saturated carbocycles. The Morgan fingerprint density at radius 2 is 1.82 bits per heavy atom. The summed E-state index contributed by atoms with van der Waals surface area (Å²) in [5, 5.41) is 5.59. The van der Waals surface area contributed by atoms with Crippen molar-refractivity contribution in [3.63, 3.8) is 0 Å². The van der Waals surface area contributed by atoms with E-state index in [2.05, 4.69) is 10.3 Å². The van der Waals surface area contributed by atoms with Crippen LogP contribution in [0, 0.1) is 13.8 Å². The molecule has 170 valence electrons. The van der Waals surface area contributed by atoms with E-state index in [0.717, 1.165) is 21.5 Å². The van der Waals surface area contributed by atoms with Crippen molar-refractivity contribution in [2.75, 3.05) is 10.2 Å². The van der Waals surface area contributed by atoms with Crippen LogP contribution in [0.2, 0.25) is 0 Å². The van der Waals surface area contributed by atoms with Crippen molar-refractivity contribution >= 4 is 60.7 Å². The zero-order valence-corrected chi connectivity index (χ0v) is 20.1. The number of furan rings is 1. The molecule has 0 aliphatic heterocycles. The summed E-state index contributed by atoms with van der Waals surface area (Å²) in [6.07, 6.45) is 1.54. The fraction of sp³-hybridized carbons (Fsp3) is 0.120. The normalized spacial score (nSPS) is 11.0. The number of aromatic nitrogens is 2. The molecule has 5 aromatic rings. The molecule has 9 heteroatoms. The largest absolute Gasteiger partial charge is 0.469 e. The maximum atomic E-state index is 13.6. The van der Waals surface area contributed by atoms with Crippen molar-refractivity contribution in [1.82, 2.24) is 9.97 Å². The summed E-state index contributed by atoms with van der Waals surface area (Å²) in [6.45, 7) is 3.69. The molecule has 0 radical (unpaired) electrons. The Morgan fingerprint density at radius 3 is 2.59 bits per heavy atom. The standard InChI is InChI=1S/C25H20N4O3S2/c1-15-7-3-5-9-20(15)29(25-27-19-8-4-6-10-21(19)34-25)22(30)13-17-14-33-24(26-17)28-23(31)18-11-12-32-16(18)2/h3-12,14H,13H2,1-2H3,(H,26,28,31). The molecule has 5 rings (SSSR count). The zero-order chi connectivity index (χ0) is 23.7. The Morgan fingerprint density at radius 1 is 1.03 bits per heavy atom. The second kappa shape index (κ2) is 9.20. The SMILES string of the molecule is Cc1ccccc1N(C(=O)Cc1csc(NC(=O)c2ccoc2C)n1)c1nc2ccccc2s1. The maximum Gasteiger partial charge on any atom is 0.260 e. The highest BCUT2D eigenvalue weighted by Crippen LogP contribution is 2.35. The van der Waals surface area contributed by atoms with Crippen molar-refractivity contribution in [3.8, 4) is 0 Å². The van der Waals surface area contributed by atoms with Crippen LogP contribution in [0.5, 0.6) is 0 Å². The topological polar surface area (TPSA) is 88.3 Å². The van der Waals surface area contributed by atoms with Gasteiger partial charge in [0.1, 0.15) is 5.76 Å². The lowest BCUT2D eigenvalue weighted by atomic mass is 10.1. The molecule has 0 unspecified atom stereocenters. The van der Waals surface area contributed by atoms with Crippen LogP contribution in [0.25, 0.3) is 10.2 Å². The minimum absolute atomic E-state index is 0.0708. The van der Waals surface area contributed by atoms with E-state index >= 15 is 0 Å². The van der Waals surface area contributed by atoms with Crippen LogP contribution in [0.15, 0.2) is 70.7 Å². The highest BCUT2D eigenvalue weighted by molar-refractivity contribution is 7.22. The first-order valence-corrected chi connectivity index (χ1v) is 12.2. The smallest absolute Gasteiger partial charge is 0.260 e. The molecule has 3 aromatic heterocycles. The number of para-hydroxylation sites is 2. The van der Waals surface area contributed by atoms with Gasteiger partial charge < -0.3 is 4.42 Å². The van der Waals surface area contributed by atoms with Crippen molar-refractivity contribution in [1.29, 1.82) is 0 Å². The average molecular weight is 489 g/mol. The first-order valence-electron chi connectivity index (χ1n) is 10.5. The molecule has 2 aromatic carbocycles. The summed E-state index contributed by atoms with van der Waals surface area (Å²) in [4.78, 5) is 36.8. The predicted molar refractivity (Wildman–Crippen MR) is 135 cm³/mol. The Kier molecular flexibility index (Phi) is 5.95. The molecule has 3 heterocycles. The van der Waals surface area contributed by atoms with Crippen molar-refractivity contribution < 1.29 is 14.0 Å². The number of hydrogen-bond acceptors (Lipinski definition) is 7. The fourth-order valence-corrected chi connectivity index (χ4v) is 5.28. The molecule has 0 fully saturated rings. The van der Waals surface area contributed by atoms with Crippen LogP contribution in [0.3, 0.4) is 0 Å². The number of carbonyl (C=O) groups excluding carboxylic acids is 2. The predicted octanol–water partition coefficient (Wildman–Crippen LogP) is 6.12. The number of carbonyl (C=O) groups is 2. The minimum atomic E-state index is -0.297. The van der Waals surface area contributed by atoms with Crippen molar-refractivity contribution in [3.05, 3.63) is 88.8 Å². The average Bonchev–Trinajstić information content (AvgIpc) is 3.55. The van der Waals surface area contributed by atoms with Crippen LogP contribution in [-0.4, -0.2) is 21.8 Å². The van der Waals surface area contributed by atoms with Gasteiger partial charge in [0.25, 0.3) is 5.91 Å². The van der Waals surface area contributed by atoms with Gasteiger partial charge in [-0.25, -0.2) is 9.97 Å². The van der Waals surface area contributed by atoms with Gasteiger partial charge in [-0.05, 0) is 43.7 Å². The highest BCUT2D eigenvalue weighted by atomic mass is 32.1. The van der Waals surface area contributed by atoms with Gasteiger partial charge in [-0.15, -0.1) is 11.3 Å². The van der Waals surface area contributed by atoms with E-state index in [0.29, 0.717) is 27.3 Å². The molecule has 34 heavy (non-hydrogen) atoms. The molecule has 0 saturated heterocycles. The quantitative estimate of drug-likeness (QED) is 0.311. The lowest BCUT2D eigenvalue weighted by Crippen LogP contribution is -2.28. The first-order chi connectivity index (χ1) is 16.5. The minimum Gasteiger partial charge on any atom is -0.469 e. The molecule has 0 spiro atoms. The number of rotatable bonds is 6. The second-order valence-electron chi connectivity index (χ2n) is 7.65. The zero-order valence-electron chi connectivity index (χ0n) is 18.4. The van der Waals surface area contributed by atoms with Gasteiger partial charge in [-0.1, -0.05) is 41.7 Å². The van der Waals surface area contributed by atoms with Gasteiger partial charge in [0.2, 0.25) is 5.91 Å². The number of nitrogens with zero attached hydrogens (tertiary/aromatic N) is 3. The first kappa shape index (κ1) is 22.0. The number of hydrogen-bond donors (Lipinski definition) is 1. The monoisotopic (exact) mass is 488 g/mol. The van der Waals surface area contributed by atoms with E-state index in [-0.39, 0.29) is 18.2 Å². The van der Waals surface area contributed by atoms with E-state index in [1.54, 1.807) is 23.3 Å². The lowest BCUT2D eigenvalue weighted by molar-refractivity contribution is -0.117. The summed E-state index contributed by atoms with van der Waals surface area (Å²) in [7, 11) is 0. The summed E-state index contributed by atoms with van der Waals surface area (Å²) in [5.74, 6) is 0.0888. The number of aryl methyl sites for hydroxylation is 2. The van der Waals surface area contributed by atoms with Gasteiger partial charge in [-0.3, -0.25) is 19.8 Å². The van der Waals surface area contributed by atoms with Crippen LogP contribution < -0.4 is 10.2 Å².